The minimum atomic E-state index is 0.105. The van der Waals surface area contributed by atoms with E-state index < -0.39 is 0 Å². The van der Waals surface area contributed by atoms with Crippen LogP contribution in [0.3, 0.4) is 0 Å². The Hall–Kier alpha value is -0.860. The fourth-order valence-electron chi connectivity index (χ4n) is 1.91. The van der Waals surface area contributed by atoms with E-state index in [0.29, 0.717) is 11.8 Å². The highest BCUT2D eigenvalue weighted by Crippen LogP contribution is 2.27. The van der Waals surface area contributed by atoms with Crippen LogP contribution in [0.4, 0.5) is 0 Å². The minimum absolute atomic E-state index is 0.105. The van der Waals surface area contributed by atoms with Crippen LogP contribution in [0.15, 0.2) is 5.10 Å². The molecule has 2 atom stereocenters. The third-order valence-corrected chi connectivity index (χ3v) is 2.60. The molecule has 1 aliphatic heterocycles. The van der Waals surface area contributed by atoms with E-state index in [0.717, 1.165) is 19.3 Å². The van der Waals surface area contributed by atoms with E-state index in [2.05, 4.69) is 5.10 Å². The molecule has 2 rings (SSSR count). The Morgan fingerprint density at radius 2 is 2.55 bits per heavy atom. The number of rotatable bonds is 0. The quantitative estimate of drug-likeness (QED) is 0.510. The Labute approximate surface area is 66.1 Å². The maximum absolute atomic E-state index is 11.3. The van der Waals surface area contributed by atoms with E-state index in [-0.39, 0.29) is 5.92 Å². The molecule has 3 nitrogen and oxygen atoms in total. The monoisotopic (exact) mass is 152 g/mol. The normalized spacial score (nSPS) is 36.1. The van der Waals surface area contributed by atoms with Gasteiger partial charge in [0.2, 0.25) is 0 Å². The van der Waals surface area contributed by atoms with Gasteiger partial charge < -0.3 is 0 Å². The third-order valence-electron chi connectivity index (χ3n) is 2.60. The predicted octanol–water partition coefficient (Wildman–Crippen LogP) is 0.655. The number of nitrogens with zero attached hydrogens (tertiary/aromatic N) is 2. The van der Waals surface area contributed by atoms with Gasteiger partial charge in [-0.15, -0.1) is 0 Å². The minimum Gasteiger partial charge on any atom is -0.299 e. The Balaban J connectivity index is 2.18. The van der Waals surface area contributed by atoms with Crippen molar-refractivity contribution >= 4 is 12.0 Å². The first-order valence-electron chi connectivity index (χ1n) is 4.08. The van der Waals surface area contributed by atoms with E-state index in [1.165, 1.54) is 0 Å². The molecule has 60 valence electrons. The molecule has 2 aliphatic rings. The molecule has 1 saturated carbocycles. The van der Waals surface area contributed by atoms with Gasteiger partial charge in [0.25, 0.3) is 0 Å². The lowest BCUT2D eigenvalue weighted by Crippen LogP contribution is -2.37. The summed E-state index contributed by atoms with van der Waals surface area (Å²) in [6, 6.07) is 0.372. The van der Waals surface area contributed by atoms with Crippen LogP contribution >= 0.6 is 0 Å². The molecule has 0 aromatic heterocycles. The topological polar surface area (TPSA) is 32.7 Å². The molecule has 1 aliphatic carbocycles. The lowest BCUT2D eigenvalue weighted by Gasteiger charge is -2.27. The number of fused-ring (bicyclic) bond motifs is 1. The van der Waals surface area contributed by atoms with E-state index in [4.69, 9.17) is 0 Å². The van der Waals surface area contributed by atoms with Crippen LogP contribution in [0.5, 0.6) is 0 Å². The van der Waals surface area contributed by atoms with Crippen molar-refractivity contribution in [1.29, 1.82) is 0 Å². The summed E-state index contributed by atoms with van der Waals surface area (Å²) in [6.07, 6.45) is 4.70. The standard InChI is InChI=1S/C8H12N2O/c1-10-7-3-2-4-8(11)6(7)5-9-10/h5-7H,2-4H2,1H3. The Kier molecular flexibility index (Phi) is 1.44. The van der Waals surface area contributed by atoms with Gasteiger partial charge in [-0.1, -0.05) is 0 Å². The summed E-state index contributed by atoms with van der Waals surface area (Å²) >= 11 is 0. The Morgan fingerprint density at radius 1 is 1.73 bits per heavy atom. The van der Waals surface area contributed by atoms with Crippen molar-refractivity contribution in [2.75, 3.05) is 7.05 Å². The second-order valence-electron chi connectivity index (χ2n) is 3.29. The molecule has 2 unspecified atom stereocenters. The highest BCUT2D eigenvalue weighted by Gasteiger charge is 2.36. The van der Waals surface area contributed by atoms with Gasteiger partial charge in [-0.2, -0.15) is 5.10 Å². The molecular formula is C8H12N2O. The number of carbonyl (C=O) groups excluding carboxylic acids is 1. The second kappa shape index (κ2) is 2.32. The molecule has 0 aromatic rings. The molecule has 0 spiro atoms. The number of hydrazone groups is 1. The summed E-state index contributed by atoms with van der Waals surface area (Å²) in [5.74, 6) is 0.475. The fraction of sp³-hybridized carbons (Fsp3) is 0.750. The molecule has 0 aromatic carbocycles. The Morgan fingerprint density at radius 3 is 3.27 bits per heavy atom. The molecule has 0 bridgehead atoms. The van der Waals surface area contributed by atoms with Gasteiger partial charge in [0.15, 0.2) is 0 Å². The molecule has 1 fully saturated rings. The fourth-order valence-corrected chi connectivity index (χ4v) is 1.91. The molecule has 0 N–H and O–H groups in total. The molecule has 0 radical (unpaired) electrons. The lowest BCUT2D eigenvalue weighted by atomic mass is 9.85. The first kappa shape index (κ1) is 6.83. The first-order chi connectivity index (χ1) is 5.29. The summed E-state index contributed by atoms with van der Waals surface area (Å²) < 4.78 is 0. The van der Waals surface area contributed by atoms with Gasteiger partial charge in [-0.3, -0.25) is 9.80 Å². The first-order valence-corrected chi connectivity index (χ1v) is 4.08. The molecular weight excluding hydrogens is 140 g/mol. The summed E-state index contributed by atoms with van der Waals surface area (Å²) in [7, 11) is 1.94. The van der Waals surface area contributed by atoms with Crippen molar-refractivity contribution in [3.05, 3.63) is 0 Å². The smallest absolute Gasteiger partial charge is 0.143 e. The van der Waals surface area contributed by atoms with Crippen LogP contribution in [0, 0.1) is 5.92 Å². The molecule has 1 heterocycles. The summed E-state index contributed by atoms with van der Waals surface area (Å²) in [4.78, 5) is 11.3. The van der Waals surface area contributed by atoms with Crippen molar-refractivity contribution in [3.63, 3.8) is 0 Å². The van der Waals surface area contributed by atoms with Crippen molar-refractivity contribution < 1.29 is 4.79 Å². The maximum atomic E-state index is 11.3. The van der Waals surface area contributed by atoms with Crippen molar-refractivity contribution in [2.24, 2.45) is 11.0 Å². The summed E-state index contributed by atoms with van der Waals surface area (Å²) in [6.45, 7) is 0. The van der Waals surface area contributed by atoms with E-state index in [1.54, 1.807) is 6.21 Å². The van der Waals surface area contributed by atoms with Crippen molar-refractivity contribution in [2.45, 2.75) is 25.3 Å². The highest BCUT2D eigenvalue weighted by molar-refractivity contribution is 5.97. The largest absolute Gasteiger partial charge is 0.299 e. The van der Waals surface area contributed by atoms with Gasteiger partial charge in [-0.25, -0.2) is 0 Å². The van der Waals surface area contributed by atoms with Crippen LogP contribution in [0.2, 0.25) is 0 Å². The van der Waals surface area contributed by atoms with Gasteiger partial charge in [0.05, 0.1) is 12.0 Å². The maximum Gasteiger partial charge on any atom is 0.143 e. The van der Waals surface area contributed by atoms with E-state index in [9.17, 15) is 4.79 Å². The number of hydrogen-bond donors (Lipinski definition) is 0. The summed E-state index contributed by atoms with van der Waals surface area (Å²) in [5.41, 5.74) is 0. The van der Waals surface area contributed by atoms with Crippen LogP contribution in [-0.4, -0.2) is 30.1 Å². The van der Waals surface area contributed by atoms with Gasteiger partial charge in [-0.05, 0) is 12.8 Å². The second-order valence-corrected chi connectivity index (χ2v) is 3.29. The number of hydrogen-bond acceptors (Lipinski definition) is 3. The Bertz CT molecular complexity index is 212. The average molecular weight is 152 g/mol. The lowest BCUT2D eigenvalue weighted by molar-refractivity contribution is -0.123. The van der Waals surface area contributed by atoms with Gasteiger partial charge >= 0.3 is 0 Å². The molecule has 0 saturated heterocycles. The van der Waals surface area contributed by atoms with Crippen molar-refractivity contribution in [1.82, 2.24) is 5.01 Å². The number of Topliss-reactive ketones (excluding diaryl/α,β-unsaturated/α-hetero) is 1. The van der Waals surface area contributed by atoms with Crippen LogP contribution in [0.25, 0.3) is 0 Å². The van der Waals surface area contributed by atoms with E-state index in [1.807, 2.05) is 12.1 Å². The zero-order chi connectivity index (χ0) is 7.84. The molecule has 11 heavy (non-hydrogen) atoms. The van der Waals surface area contributed by atoms with Gasteiger partial charge in [0.1, 0.15) is 5.78 Å². The third kappa shape index (κ3) is 0.951. The van der Waals surface area contributed by atoms with Crippen LogP contribution < -0.4 is 0 Å². The zero-order valence-electron chi connectivity index (χ0n) is 6.66. The highest BCUT2D eigenvalue weighted by atomic mass is 16.1. The SMILES string of the molecule is CN1N=CC2C(=O)CCCC21. The number of carbonyl (C=O) groups is 1. The van der Waals surface area contributed by atoms with Crippen LogP contribution in [0.1, 0.15) is 19.3 Å². The van der Waals surface area contributed by atoms with Crippen molar-refractivity contribution in [3.8, 4) is 0 Å². The van der Waals surface area contributed by atoms with E-state index >= 15 is 0 Å². The van der Waals surface area contributed by atoms with Gasteiger partial charge in [0, 0.05) is 19.7 Å². The summed E-state index contributed by atoms with van der Waals surface area (Å²) in [5, 5.41) is 6.04. The molecule has 0 amide bonds. The number of ketones is 1. The molecule has 3 heteroatoms. The predicted molar refractivity (Wildman–Crippen MR) is 42.4 cm³/mol. The van der Waals surface area contributed by atoms with Crippen LogP contribution in [-0.2, 0) is 4.79 Å². The average Bonchev–Trinajstić information content (AvgIpc) is 2.35. The zero-order valence-corrected chi connectivity index (χ0v) is 6.66.